The van der Waals surface area contributed by atoms with Gasteiger partial charge in [0.2, 0.25) is 5.75 Å². The highest BCUT2D eigenvalue weighted by Crippen LogP contribution is 2.48. The van der Waals surface area contributed by atoms with Crippen LogP contribution in [-0.2, 0) is 33.6 Å². The van der Waals surface area contributed by atoms with Gasteiger partial charge >= 0.3 is 20.5 Å². The fourth-order valence-corrected chi connectivity index (χ4v) is 5.52. The van der Waals surface area contributed by atoms with Crippen LogP contribution in [-0.4, -0.2) is 69.6 Å². The van der Waals surface area contributed by atoms with E-state index in [-0.39, 0.29) is 22.5 Å². The first-order chi connectivity index (χ1) is 18.4. The van der Waals surface area contributed by atoms with Gasteiger partial charge in [-0.2, -0.15) is 16.8 Å². The van der Waals surface area contributed by atoms with E-state index in [9.17, 15) is 16.8 Å². The standard InChI is InChI=1S/C24H32O13S2/c1-14(37-39(27,28)29)13-35-24-21(32-4)11-16(12-22(24)38(25,26)34-6)18-8-7-17(36-18)15-9-19(30-2)23(33-5)20(10-15)31-3/h9-12,14,17-18H,7-8,13H2,1-6H3,(H,27,28,29)/t14?,17-,18-/m1/s1. The third kappa shape index (κ3) is 7.23. The predicted octanol–water partition coefficient (Wildman–Crippen LogP) is 3.24. The Labute approximate surface area is 227 Å². The smallest absolute Gasteiger partial charge is 0.397 e. The Morgan fingerprint density at radius 2 is 1.31 bits per heavy atom. The zero-order valence-electron chi connectivity index (χ0n) is 22.3. The van der Waals surface area contributed by atoms with Crippen LogP contribution in [0.4, 0.5) is 0 Å². The van der Waals surface area contributed by atoms with E-state index in [0.717, 1.165) is 12.7 Å². The molecule has 0 radical (unpaired) electrons. The topological polar surface area (TPSA) is 162 Å². The number of rotatable bonds is 13. The summed E-state index contributed by atoms with van der Waals surface area (Å²) in [6.07, 6.45) is -0.840. The first kappa shape index (κ1) is 30.7. The second-order valence-corrected chi connectivity index (χ2v) is 11.2. The molecule has 3 atom stereocenters. The first-order valence-corrected chi connectivity index (χ1v) is 14.4. The highest BCUT2D eigenvalue weighted by atomic mass is 32.3. The maximum Gasteiger partial charge on any atom is 0.397 e. The van der Waals surface area contributed by atoms with Crippen LogP contribution >= 0.6 is 0 Å². The Balaban J connectivity index is 1.95. The molecule has 3 rings (SSSR count). The lowest BCUT2D eigenvalue weighted by molar-refractivity contribution is 0.0434. The second kappa shape index (κ2) is 12.6. The van der Waals surface area contributed by atoms with Crippen LogP contribution in [0.5, 0.6) is 28.7 Å². The number of hydrogen-bond acceptors (Lipinski definition) is 12. The lowest BCUT2D eigenvalue weighted by Crippen LogP contribution is -2.22. The van der Waals surface area contributed by atoms with Gasteiger partial charge in [0.25, 0.3) is 0 Å². The van der Waals surface area contributed by atoms with Gasteiger partial charge in [-0.15, -0.1) is 0 Å². The second-order valence-electron chi connectivity index (χ2n) is 8.47. The number of hydrogen-bond donors (Lipinski definition) is 1. The van der Waals surface area contributed by atoms with E-state index < -0.39 is 39.3 Å². The molecule has 0 saturated carbocycles. The molecular formula is C24H32O13S2. The average molecular weight is 593 g/mol. The van der Waals surface area contributed by atoms with E-state index in [2.05, 4.69) is 4.18 Å². The molecule has 1 unspecified atom stereocenters. The molecule has 1 fully saturated rings. The highest BCUT2D eigenvalue weighted by molar-refractivity contribution is 7.86. The van der Waals surface area contributed by atoms with Crippen LogP contribution in [0.3, 0.4) is 0 Å². The molecule has 1 saturated heterocycles. The minimum absolute atomic E-state index is 0.0435. The highest BCUT2D eigenvalue weighted by Gasteiger charge is 2.33. The molecule has 0 amide bonds. The monoisotopic (exact) mass is 592 g/mol. The largest absolute Gasteiger partial charge is 0.493 e. The van der Waals surface area contributed by atoms with Crippen LogP contribution in [0.15, 0.2) is 29.2 Å². The minimum Gasteiger partial charge on any atom is -0.493 e. The Hall–Kier alpha value is -2.82. The molecule has 1 heterocycles. The summed E-state index contributed by atoms with van der Waals surface area (Å²) in [6, 6.07) is 6.51. The van der Waals surface area contributed by atoms with Crippen molar-refractivity contribution in [3.8, 4) is 28.7 Å². The molecule has 0 bridgehead atoms. The van der Waals surface area contributed by atoms with Gasteiger partial charge in [-0.05, 0) is 55.2 Å². The molecule has 1 aliphatic rings. The third-order valence-corrected chi connectivity index (χ3v) is 7.80. The molecule has 0 aromatic heterocycles. The average Bonchev–Trinajstić information content (AvgIpc) is 3.40. The van der Waals surface area contributed by atoms with Crippen molar-refractivity contribution in [2.45, 2.75) is 43.0 Å². The lowest BCUT2D eigenvalue weighted by atomic mass is 10.0. The van der Waals surface area contributed by atoms with E-state index in [1.807, 2.05) is 0 Å². The lowest BCUT2D eigenvalue weighted by Gasteiger charge is -2.21. The van der Waals surface area contributed by atoms with E-state index in [1.54, 1.807) is 18.2 Å². The van der Waals surface area contributed by atoms with Crippen molar-refractivity contribution < 1.29 is 58.2 Å². The summed E-state index contributed by atoms with van der Waals surface area (Å²) in [4.78, 5) is -0.349. The SMILES string of the molecule is COc1cc([C@H]2CC[C@H](c3cc(OC)c(OCC(C)OS(=O)(=O)O)c(S(=O)(=O)OC)c3)O2)cc(OC)c1OC. The van der Waals surface area contributed by atoms with Crippen LogP contribution in [0.2, 0.25) is 0 Å². The van der Waals surface area contributed by atoms with Gasteiger partial charge in [0, 0.05) is 0 Å². The number of methoxy groups -OCH3 is 4. The first-order valence-electron chi connectivity index (χ1n) is 11.6. The predicted molar refractivity (Wildman–Crippen MR) is 137 cm³/mol. The fraction of sp³-hybridized carbons (Fsp3) is 0.500. The van der Waals surface area contributed by atoms with Crippen molar-refractivity contribution in [1.82, 2.24) is 0 Å². The van der Waals surface area contributed by atoms with E-state index in [4.69, 9.17) is 37.2 Å². The zero-order chi connectivity index (χ0) is 29.0. The van der Waals surface area contributed by atoms with Crippen molar-refractivity contribution in [3.63, 3.8) is 0 Å². The molecular weight excluding hydrogens is 560 g/mol. The Bertz CT molecular complexity index is 1350. The molecule has 1 aliphatic heterocycles. The van der Waals surface area contributed by atoms with Crippen molar-refractivity contribution in [3.05, 3.63) is 35.4 Å². The molecule has 2 aromatic carbocycles. The van der Waals surface area contributed by atoms with Gasteiger partial charge in [0.05, 0.1) is 47.8 Å². The van der Waals surface area contributed by atoms with Gasteiger partial charge in [-0.1, -0.05) is 0 Å². The summed E-state index contributed by atoms with van der Waals surface area (Å²) in [5, 5.41) is 0. The molecule has 2 aromatic rings. The van der Waals surface area contributed by atoms with E-state index >= 15 is 0 Å². The van der Waals surface area contributed by atoms with E-state index in [1.165, 1.54) is 41.4 Å². The Morgan fingerprint density at radius 3 is 1.74 bits per heavy atom. The minimum atomic E-state index is -4.74. The molecule has 1 N–H and O–H groups in total. The van der Waals surface area contributed by atoms with Crippen LogP contribution in [0, 0.1) is 0 Å². The Morgan fingerprint density at radius 1 is 0.821 bits per heavy atom. The summed E-state index contributed by atoms with van der Waals surface area (Å²) >= 11 is 0. The molecule has 15 heteroatoms. The third-order valence-electron chi connectivity index (χ3n) is 5.95. The number of ether oxygens (including phenoxy) is 6. The molecule has 13 nitrogen and oxygen atoms in total. The maximum atomic E-state index is 12.8. The zero-order valence-corrected chi connectivity index (χ0v) is 24.0. The van der Waals surface area contributed by atoms with Gasteiger partial charge < -0.3 is 28.4 Å². The summed E-state index contributed by atoms with van der Waals surface area (Å²) in [5.74, 6) is 1.23. The summed E-state index contributed by atoms with van der Waals surface area (Å²) in [6.45, 7) is 0.889. The summed E-state index contributed by atoms with van der Waals surface area (Å²) < 4.78 is 99.1. The van der Waals surface area contributed by atoms with Gasteiger partial charge in [-0.3, -0.25) is 8.74 Å². The van der Waals surface area contributed by atoms with Gasteiger partial charge in [0.15, 0.2) is 23.0 Å². The van der Waals surface area contributed by atoms with Crippen LogP contribution < -0.4 is 23.7 Å². The van der Waals surface area contributed by atoms with Gasteiger partial charge in [-0.25, -0.2) is 4.18 Å². The fourth-order valence-electron chi connectivity index (χ4n) is 4.20. The van der Waals surface area contributed by atoms with Crippen molar-refractivity contribution in [2.75, 3.05) is 42.2 Å². The van der Waals surface area contributed by atoms with Crippen molar-refractivity contribution >= 4 is 20.5 Å². The maximum absolute atomic E-state index is 12.8. The molecule has 0 spiro atoms. The van der Waals surface area contributed by atoms with E-state index in [0.29, 0.717) is 35.7 Å². The van der Waals surface area contributed by atoms with Crippen molar-refractivity contribution in [1.29, 1.82) is 0 Å². The molecule has 39 heavy (non-hydrogen) atoms. The summed E-state index contributed by atoms with van der Waals surface area (Å²) in [5.41, 5.74) is 1.28. The normalized spacial score (nSPS) is 18.4. The van der Waals surface area contributed by atoms with Crippen molar-refractivity contribution in [2.24, 2.45) is 0 Å². The number of benzene rings is 2. The molecule has 218 valence electrons. The molecule has 0 aliphatic carbocycles. The Kier molecular flexibility index (Phi) is 9.90. The van der Waals surface area contributed by atoms with Gasteiger partial charge in [0.1, 0.15) is 17.6 Å². The summed E-state index contributed by atoms with van der Waals surface area (Å²) in [7, 11) is -2.18. The van der Waals surface area contributed by atoms with Crippen LogP contribution in [0.25, 0.3) is 0 Å². The quantitative estimate of drug-likeness (QED) is 0.267. The van der Waals surface area contributed by atoms with Crippen LogP contribution in [0.1, 0.15) is 43.1 Å².